The quantitative estimate of drug-likeness (QED) is 0.580. The molecule has 0 radical (unpaired) electrons. The summed E-state index contributed by atoms with van der Waals surface area (Å²) in [5, 5.41) is 3.35. The van der Waals surface area contributed by atoms with E-state index in [1.807, 2.05) is 89.2 Å². The minimum Gasteiger partial charge on any atom is -0.291 e. The van der Waals surface area contributed by atoms with Gasteiger partial charge in [-0.3, -0.25) is 4.79 Å². The van der Waals surface area contributed by atoms with Crippen LogP contribution in [0.15, 0.2) is 73.1 Å². The van der Waals surface area contributed by atoms with Crippen LogP contribution in [-0.2, 0) is 13.6 Å². The van der Waals surface area contributed by atoms with E-state index < -0.39 is 0 Å². The minimum atomic E-state index is 0.0907. The van der Waals surface area contributed by atoms with E-state index in [0.29, 0.717) is 6.54 Å². The fourth-order valence-electron chi connectivity index (χ4n) is 2.33. The van der Waals surface area contributed by atoms with Crippen LogP contribution in [0.25, 0.3) is 0 Å². The number of hydrogen-bond acceptors (Lipinski definition) is 2. The topological polar surface area (TPSA) is 37.9 Å². The molecule has 4 heteroatoms. The first-order valence-electron chi connectivity index (χ1n) is 7.19. The van der Waals surface area contributed by atoms with Gasteiger partial charge in [0.05, 0.1) is 25.1 Å². The number of Topliss-reactive ketones (excluding diaryl/α,β-unsaturated/α-hetero) is 1. The Balaban J connectivity index is 1.82. The molecule has 0 saturated heterocycles. The Morgan fingerprint density at radius 2 is 1.68 bits per heavy atom. The lowest BCUT2D eigenvalue weighted by Gasteiger charge is -2.05. The van der Waals surface area contributed by atoms with Crippen molar-refractivity contribution >= 4 is 17.4 Å². The molecule has 3 aromatic rings. The van der Waals surface area contributed by atoms with Crippen molar-refractivity contribution in [3.63, 3.8) is 0 Å². The molecule has 0 atom stereocenters. The Labute approximate surface area is 129 Å². The fraction of sp³-hybridized carbons (Fsp3) is 0.111. The predicted octanol–water partition coefficient (Wildman–Crippen LogP) is 2.94. The zero-order valence-corrected chi connectivity index (χ0v) is 12.4. The average molecular weight is 292 g/mol. The van der Waals surface area contributed by atoms with Crippen LogP contribution in [0.5, 0.6) is 0 Å². The van der Waals surface area contributed by atoms with E-state index in [0.717, 1.165) is 17.2 Å². The minimum absolute atomic E-state index is 0.0907. The highest BCUT2D eigenvalue weighted by Gasteiger charge is 2.17. The molecule has 0 spiro atoms. The Morgan fingerprint density at radius 1 is 1.05 bits per heavy atom. The summed E-state index contributed by atoms with van der Waals surface area (Å²) in [6.45, 7) is 0.306. The number of para-hydroxylation sites is 1. The Bertz CT molecular complexity index is 764. The number of benzene rings is 2. The van der Waals surface area contributed by atoms with E-state index >= 15 is 0 Å². The Morgan fingerprint density at radius 3 is 2.36 bits per heavy atom. The van der Waals surface area contributed by atoms with E-state index in [-0.39, 0.29) is 5.78 Å². The summed E-state index contributed by atoms with van der Waals surface area (Å²) in [5.74, 6) is 0.961. The van der Waals surface area contributed by atoms with Crippen molar-refractivity contribution in [2.24, 2.45) is 7.05 Å². The number of aryl methyl sites for hydroxylation is 1. The summed E-state index contributed by atoms with van der Waals surface area (Å²) >= 11 is 0. The monoisotopic (exact) mass is 292 g/mol. The Kier molecular flexibility index (Phi) is 4.01. The fourth-order valence-corrected chi connectivity index (χ4v) is 2.33. The van der Waals surface area contributed by atoms with Gasteiger partial charge in [-0.2, -0.15) is 0 Å². The molecule has 0 aliphatic rings. The van der Waals surface area contributed by atoms with Gasteiger partial charge in [-0.25, -0.2) is 14.5 Å². The van der Waals surface area contributed by atoms with E-state index in [2.05, 4.69) is 5.32 Å². The first-order valence-corrected chi connectivity index (χ1v) is 7.19. The van der Waals surface area contributed by atoms with Crippen molar-refractivity contribution in [3.05, 3.63) is 78.6 Å². The van der Waals surface area contributed by atoms with E-state index in [1.54, 1.807) is 0 Å². The molecule has 0 fully saturated rings. The standard InChI is InChI=1S/C18H17N3O/c1-20-12-13-21(14-17(22)15-8-4-2-5-9-15)18(20)19-16-10-6-3-7-11-16/h2-13H,14H2,1H3/p+1. The number of aromatic nitrogens is 2. The van der Waals surface area contributed by atoms with Crippen LogP contribution >= 0.6 is 0 Å². The third-order valence-electron chi connectivity index (χ3n) is 3.52. The molecule has 0 bridgehead atoms. The van der Waals surface area contributed by atoms with Gasteiger partial charge in [0.25, 0.3) is 0 Å². The number of carbonyl (C=O) groups is 1. The lowest BCUT2D eigenvalue weighted by Crippen LogP contribution is -2.30. The molecule has 0 aliphatic carbocycles. The smallest absolute Gasteiger partial charge is 0.291 e. The molecule has 0 amide bonds. The number of hydrogen-bond donors (Lipinski definition) is 1. The second-order valence-corrected chi connectivity index (χ2v) is 5.14. The SMILES string of the molecule is C[n+]1ccn(CC(=O)c2ccccc2)c1Nc1ccccc1. The van der Waals surface area contributed by atoms with Crippen molar-refractivity contribution in [2.45, 2.75) is 6.54 Å². The zero-order chi connectivity index (χ0) is 15.4. The second-order valence-electron chi connectivity index (χ2n) is 5.14. The normalized spacial score (nSPS) is 10.4. The molecule has 1 heterocycles. The number of rotatable bonds is 5. The molecular weight excluding hydrogens is 274 g/mol. The molecule has 0 unspecified atom stereocenters. The van der Waals surface area contributed by atoms with Gasteiger partial charge in [0.15, 0.2) is 5.78 Å². The van der Waals surface area contributed by atoms with Gasteiger partial charge in [0.2, 0.25) is 0 Å². The van der Waals surface area contributed by atoms with E-state index in [4.69, 9.17) is 0 Å². The highest BCUT2D eigenvalue weighted by Crippen LogP contribution is 2.13. The first kappa shape index (κ1) is 14.1. The maximum Gasteiger partial charge on any atom is 0.362 e. The molecule has 0 saturated carbocycles. The average Bonchev–Trinajstić information content (AvgIpc) is 2.90. The summed E-state index contributed by atoms with van der Waals surface area (Å²) < 4.78 is 3.88. The van der Waals surface area contributed by atoms with E-state index in [9.17, 15) is 4.79 Å². The summed E-state index contributed by atoms with van der Waals surface area (Å²) in [7, 11) is 1.95. The number of nitrogens with zero attached hydrogens (tertiary/aromatic N) is 2. The zero-order valence-electron chi connectivity index (χ0n) is 12.4. The molecular formula is C18H18N3O+. The van der Waals surface area contributed by atoms with Crippen molar-refractivity contribution in [1.82, 2.24) is 4.57 Å². The van der Waals surface area contributed by atoms with Crippen molar-refractivity contribution < 1.29 is 9.36 Å². The maximum atomic E-state index is 12.4. The number of ketones is 1. The highest BCUT2D eigenvalue weighted by atomic mass is 16.1. The summed E-state index contributed by atoms with van der Waals surface area (Å²) in [6, 6.07) is 19.3. The van der Waals surface area contributed by atoms with Gasteiger partial charge in [-0.1, -0.05) is 48.5 Å². The molecule has 110 valence electrons. The van der Waals surface area contributed by atoms with E-state index in [1.165, 1.54) is 0 Å². The number of nitrogens with one attached hydrogen (secondary N) is 1. The molecule has 3 rings (SSSR count). The number of anilines is 2. The molecule has 4 nitrogen and oxygen atoms in total. The van der Waals surface area contributed by atoms with Crippen LogP contribution in [0, 0.1) is 0 Å². The van der Waals surface area contributed by atoms with Crippen LogP contribution in [0.4, 0.5) is 11.6 Å². The van der Waals surface area contributed by atoms with Crippen LogP contribution in [-0.4, -0.2) is 10.4 Å². The van der Waals surface area contributed by atoms with Gasteiger partial charge >= 0.3 is 5.95 Å². The van der Waals surface area contributed by atoms with Crippen molar-refractivity contribution in [1.29, 1.82) is 0 Å². The van der Waals surface area contributed by atoms with Crippen LogP contribution in [0.2, 0.25) is 0 Å². The molecule has 1 N–H and O–H groups in total. The molecule has 0 aliphatic heterocycles. The van der Waals surface area contributed by atoms with Crippen LogP contribution in [0.1, 0.15) is 10.4 Å². The van der Waals surface area contributed by atoms with Gasteiger partial charge in [-0.15, -0.1) is 0 Å². The lowest BCUT2D eigenvalue weighted by atomic mass is 10.1. The Hall–Kier alpha value is -2.88. The largest absolute Gasteiger partial charge is 0.362 e. The first-order chi connectivity index (χ1) is 10.7. The van der Waals surface area contributed by atoms with Gasteiger partial charge < -0.3 is 0 Å². The van der Waals surface area contributed by atoms with Gasteiger partial charge in [0.1, 0.15) is 6.54 Å². The summed E-state index contributed by atoms with van der Waals surface area (Å²) in [5.41, 5.74) is 1.72. The maximum absolute atomic E-state index is 12.4. The summed E-state index contributed by atoms with van der Waals surface area (Å²) in [4.78, 5) is 12.4. The lowest BCUT2D eigenvalue weighted by molar-refractivity contribution is -0.656. The third kappa shape index (κ3) is 3.06. The number of carbonyl (C=O) groups excluding carboxylic acids is 1. The molecule has 22 heavy (non-hydrogen) atoms. The predicted molar refractivity (Wildman–Crippen MR) is 86.1 cm³/mol. The van der Waals surface area contributed by atoms with Crippen LogP contribution in [0.3, 0.4) is 0 Å². The highest BCUT2D eigenvalue weighted by molar-refractivity contribution is 5.96. The van der Waals surface area contributed by atoms with Gasteiger partial charge in [-0.05, 0) is 12.1 Å². The number of imidazole rings is 1. The molecule has 1 aromatic heterocycles. The van der Waals surface area contributed by atoms with Gasteiger partial charge in [0, 0.05) is 5.56 Å². The van der Waals surface area contributed by atoms with Crippen molar-refractivity contribution in [2.75, 3.05) is 5.32 Å². The second kappa shape index (κ2) is 6.26. The van der Waals surface area contributed by atoms with Crippen molar-refractivity contribution in [3.8, 4) is 0 Å². The summed E-state index contributed by atoms with van der Waals surface area (Å²) in [6.07, 6.45) is 3.84. The molecule has 2 aromatic carbocycles. The van der Waals surface area contributed by atoms with Crippen LogP contribution < -0.4 is 9.88 Å². The third-order valence-corrected chi connectivity index (χ3v) is 3.52.